The molecule has 1 amide bonds. The third-order valence-electron chi connectivity index (χ3n) is 3.19. The van der Waals surface area contributed by atoms with Gasteiger partial charge in [0.2, 0.25) is 5.91 Å². The molecule has 4 heteroatoms. The Bertz CT molecular complexity index is 378. The third-order valence-corrected chi connectivity index (χ3v) is 3.19. The van der Waals surface area contributed by atoms with Crippen molar-refractivity contribution in [3.05, 3.63) is 30.3 Å². The standard InChI is InChI=1S/C15H25N3O/c1-12(2)14(16)15(19)17-10-7-11-18(3)13-8-5-4-6-9-13/h4-6,8-9,12,14H,7,10-11,16H2,1-3H3,(H,17,19)/t14-/m1/s1. The predicted molar refractivity (Wildman–Crippen MR) is 80.2 cm³/mol. The fraction of sp³-hybridized carbons (Fsp3) is 0.533. The maximum absolute atomic E-state index is 11.6. The van der Waals surface area contributed by atoms with Crippen LogP contribution in [0.25, 0.3) is 0 Å². The average Bonchev–Trinajstić information content (AvgIpc) is 2.43. The minimum Gasteiger partial charge on any atom is -0.375 e. The number of nitrogens with one attached hydrogen (secondary N) is 1. The largest absolute Gasteiger partial charge is 0.375 e. The van der Waals surface area contributed by atoms with Crippen molar-refractivity contribution in [3.63, 3.8) is 0 Å². The highest BCUT2D eigenvalue weighted by atomic mass is 16.2. The van der Waals surface area contributed by atoms with Crippen molar-refractivity contribution in [1.82, 2.24) is 5.32 Å². The Morgan fingerprint density at radius 3 is 2.53 bits per heavy atom. The Hall–Kier alpha value is -1.55. The molecule has 1 rings (SSSR count). The molecular weight excluding hydrogens is 238 g/mol. The van der Waals surface area contributed by atoms with Crippen LogP contribution in [0.15, 0.2) is 30.3 Å². The molecule has 106 valence electrons. The molecule has 1 atom stereocenters. The summed E-state index contributed by atoms with van der Waals surface area (Å²) in [5.41, 5.74) is 6.96. The van der Waals surface area contributed by atoms with Crippen molar-refractivity contribution in [2.24, 2.45) is 11.7 Å². The monoisotopic (exact) mass is 263 g/mol. The topological polar surface area (TPSA) is 58.4 Å². The van der Waals surface area contributed by atoms with Crippen molar-refractivity contribution < 1.29 is 4.79 Å². The van der Waals surface area contributed by atoms with E-state index in [9.17, 15) is 4.79 Å². The van der Waals surface area contributed by atoms with E-state index in [4.69, 9.17) is 5.73 Å². The summed E-state index contributed by atoms with van der Waals surface area (Å²) in [7, 11) is 2.05. The zero-order valence-corrected chi connectivity index (χ0v) is 12.1. The van der Waals surface area contributed by atoms with Crippen molar-refractivity contribution >= 4 is 11.6 Å². The van der Waals surface area contributed by atoms with Crippen LogP contribution < -0.4 is 16.0 Å². The van der Waals surface area contributed by atoms with Gasteiger partial charge < -0.3 is 16.0 Å². The van der Waals surface area contributed by atoms with Gasteiger partial charge in [-0.25, -0.2) is 0 Å². The Morgan fingerprint density at radius 2 is 1.95 bits per heavy atom. The Kier molecular flexibility index (Phi) is 6.36. The van der Waals surface area contributed by atoms with Crippen LogP contribution in [-0.2, 0) is 4.79 Å². The lowest BCUT2D eigenvalue weighted by Gasteiger charge is -2.20. The minimum atomic E-state index is -0.410. The van der Waals surface area contributed by atoms with E-state index in [0.29, 0.717) is 6.54 Å². The van der Waals surface area contributed by atoms with Crippen molar-refractivity contribution in [3.8, 4) is 0 Å². The molecule has 0 aliphatic heterocycles. The van der Waals surface area contributed by atoms with E-state index < -0.39 is 6.04 Å². The summed E-state index contributed by atoms with van der Waals surface area (Å²) in [5, 5.41) is 2.88. The molecule has 0 spiro atoms. The van der Waals surface area contributed by atoms with Crippen LogP contribution in [0.4, 0.5) is 5.69 Å². The first-order chi connectivity index (χ1) is 9.02. The summed E-state index contributed by atoms with van der Waals surface area (Å²) < 4.78 is 0. The lowest BCUT2D eigenvalue weighted by Crippen LogP contribution is -2.44. The summed E-state index contributed by atoms with van der Waals surface area (Å²) >= 11 is 0. The third kappa shape index (κ3) is 5.30. The number of amides is 1. The average molecular weight is 263 g/mol. The quantitative estimate of drug-likeness (QED) is 0.735. The van der Waals surface area contributed by atoms with Crippen LogP contribution in [0.2, 0.25) is 0 Å². The second-order valence-electron chi connectivity index (χ2n) is 5.17. The number of carbonyl (C=O) groups excluding carboxylic acids is 1. The number of nitrogens with zero attached hydrogens (tertiary/aromatic N) is 1. The molecule has 0 saturated carbocycles. The molecule has 19 heavy (non-hydrogen) atoms. The molecule has 0 radical (unpaired) electrons. The van der Waals surface area contributed by atoms with Crippen LogP contribution in [-0.4, -0.2) is 32.1 Å². The normalized spacial score (nSPS) is 12.3. The maximum Gasteiger partial charge on any atom is 0.237 e. The molecule has 0 heterocycles. The Morgan fingerprint density at radius 1 is 1.32 bits per heavy atom. The second kappa shape index (κ2) is 7.79. The number of hydrogen-bond acceptors (Lipinski definition) is 3. The van der Waals surface area contributed by atoms with Crippen molar-refractivity contribution in [2.75, 3.05) is 25.0 Å². The van der Waals surface area contributed by atoms with E-state index in [-0.39, 0.29) is 11.8 Å². The van der Waals surface area contributed by atoms with Crippen LogP contribution >= 0.6 is 0 Å². The molecule has 0 bridgehead atoms. The highest BCUT2D eigenvalue weighted by Crippen LogP contribution is 2.10. The minimum absolute atomic E-state index is 0.0580. The summed E-state index contributed by atoms with van der Waals surface area (Å²) in [6.45, 7) is 5.47. The molecule has 1 aromatic carbocycles. The van der Waals surface area contributed by atoms with E-state index in [1.807, 2.05) is 32.0 Å². The number of anilines is 1. The van der Waals surface area contributed by atoms with Crippen molar-refractivity contribution in [2.45, 2.75) is 26.3 Å². The zero-order valence-electron chi connectivity index (χ0n) is 12.1. The first-order valence-corrected chi connectivity index (χ1v) is 6.82. The van der Waals surface area contributed by atoms with Crippen LogP contribution in [0, 0.1) is 5.92 Å². The number of para-hydroxylation sites is 1. The molecule has 0 fully saturated rings. The van der Waals surface area contributed by atoms with E-state index in [2.05, 4.69) is 29.4 Å². The van der Waals surface area contributed by atoms with Crippen molar-refractivity contribution in [1.29, 1.82) is 0 Å². The molecule has 3 N–H and O–H groups in total. The van der Waals surface area contributed by atoms with E-state index in [0.717, 1.165) is 13.0 Å². The number of rotatable bonds is 7. The van der Waals surface area contributed by atoms with E-state index in [1.54, 1.807) is 0 Å². The molecule has 0 saturated heterocycles. The summed E-state index contributed by atoms with van der Waals surface area (Å²) in [6, 6.07) is 9.79. The van der Waals surface area contributed by atoms with Gasteiger partial charge in [-0.05, 0) is 24.5 Å². The van der Waals surface area contributed by atoms with Crippen LogP contribution in [0.3, 0.4) is 0 Å². The van der Waals surface area contributed by atoms with Gasteiger partial charge in [-0.15, -0.1) is 0 Å². The first kappa shape index (κ1) is 15.5. The highest BCUT2D eigenvalue weighted by molar-refractivity contribution is 5.81. The smallest absolute Gasteiger partial charge is 0.237 e. The SMILES string of the molecule is CC(C)[C@@H](N)C(=O)NCCCN(C)c1ccccc1. The van der Waals surface area contributed by atoms with Gasteiger partial charge in [0, 0.05) is 25.8 Å². The molecule has 0 unspecified atom stereocenters. The number of hydrogen-bond donors (Lipinski definition) is 2. The van der Waals surface area contributed by atoms with E-state index >= 15 is 0 Å². The highest BCUT2D eigenvalue weighted by Gasteiger charge is 2.16. The van der Waals surface area contributed by atoms with Crippen LogP contribution in [0.5, 0.6) is 0 Å². The first-order valence-electron chi connectivity index (χ1n) is 6.82. The number of nitrogens with two attached hydrogens (primary N) is 1. The molecule has 4 nitrogen and oxygen atoms in total. The van der Waals surface area contributed by atoms with Gasteiger partial charge in [0.1, 0.15) is 0 Å². The Labute approximate surface area is 116 Å². The summed E-state index contributed by atoms with van der Waals surface area (Å²) in [6.07, 6.45) is 0.905. The van der Waals surface area contributed by atoms with Gasteiger partial charge in [0.15, 0.2) is 0 Å². The molecule has 1 aromatic rings. The lowest BCUT2D eigenvalue weighted by atomic mass is 10.1. The second-order valence-corrected chi connectivity index (χ2v) is 5.17. The van der Waals surface area contributed by atoms with Gasteiger partial charge in [0.25, 0.3) is 0 Å². The predicted octanol–water partition coefficient (Wildman–Crippen LogP) is 1.61. The molecular formula is C15H25N3O. The maximum atomic E-state index is 11.6. The number of carbonyl (C=O) groups is 1. The summed E-state index contributed by atoms with van der Waals surface area (Å²) in [5.74, 6) is 0.115. The van der Waals surface area contributed by atoms with Gasteiger partial charge in [-0.3, -0.25) is 4.79 Å². The molecule has 0 aliphatic rings. The molecule has 0 aliphatic carbocycles. The van der Waals surface area contributed by atoms with Crippen LogP contribution in [0.1, 0.15) is 20.3 Å². The van der Waals surface area contributed by atoms with Gasteiger partial charge in [-0.1, -0.05) is 32.0 Å². The van der Waals surface area contributed by atoms with E-state index in [1.165, 1.54) is 5.69 Å². The molecule has 0 aromatic heterocycles. The fourth-order valence-electron chi connectivity index (χ4n) is 1.76. The number of benzene rings is 1. The van der Waals surface area contributed by atoms with Gasteiger partial charge in [0.05, 0.1) is 6.04 Å². The zero-order chi connectivity index (χ0) is 14.3. The van der Waals surface area contributed by atoms with Gasteiger partial charge in [-0.2, -0.15) is 0 Å². The Balaban J connectivity index is 2.23. The van der Waals surface area contributed by atoms with Gasteiger partial charge >= 0.3 is 0 Å². The fourth-order valence-corrected chi connectivity index (χ4v) is 1.76. The lowest BCUT2D eigenvalue weighted by molar-refractivity contribution is -0.123. The summed E-state index contributed by atoms with van der Waals surface area (Å²) in [4.78, 5) is 13.8.